The molecule has 0 amide bonds. The average Bonchev–Trinajstić information content (AvgIpc) is 2.75. The number of aromatic nitrogens is 2. The van der Waals surface area contributed by atoms with Gasteiger partial charge in [0.05, 0.1) is 48.6 Å². The van der Waals surface area contributed by atoms with Gasteiger partial charge in [-0.15, -0.1) is 0 Å². The van der Waals surface area contributed by atoms with Crippen molar-refractivity contribution in [1.29, 1.82) is 0 Å². The predicted molar refractivity (Wildman–Crippen MR) is 120 cm³/mol. The molecule has 31 heavy (non-hydrogen) atoms. The molecule has 0 radical (unpaired) electrons. The Bertz CT molecular complexity index is 859. The van der Waals surface area contributed by atoms with Crippen molar-refractivity contribution in [3.05, 3.63) is 36.2 Å². The number of rotatable bonds is 10. The molecule has 3 N–H and O–H groups in total. The van der Waals surface area contributed by atoms with Gasteiger partial charge < -0.3 is 25.2 Å². The first kappa shape index (κ1) is 22.8. The zero-order valence-corrected chi connectivity index (χ0v) is 18.4. The highest BCUT2D eigenvalue weighted by atomic mass is 16.5. The van der Waals surface area contributed by atoms with Crippen molar-refractivity contribution in [2.45, 2.75) is 64.5 Å². The fraction of sp³-hybridized carbons (Fsp3) is 0.522. The van der Waals surface area contributed by atoms with Gasteiger partial charge in [0.25, 0.3) is 0 Å². The molecule has 2 heterocycles. The molecular weight excluding hydrogens is 396 g/mol. The summed E-state index contributed by atoms with van der Waals surface area (Å²) in [6.45, 7) is 7.23. The standard InChI is InChI=1S/C23H32N4O4/c1-4-16(12-22(28)29)17-6-7-20(26-18-8-9-31-15(3)10-18)21(11-17)27-19-13-24-23(25-14-19)30-5-2/h6-7,11,13-16,18,26-27H,4-5,8-10,12H2,1-3H3,(H,28,29). The van der Waals surface area contributed by atoms with Crippen LogP contribution in [-0.2, 0) is 9.53 Å². The van der Waals surface area contributed by atoms with Crippen LogP contribution in [0.1, 0.15) is 57.9 Å². The summed E-state index contributed by atoms with van der Waals surface area (Å²) >= 11 is 0. The van der Waals surface area contributed by atoms with Crippen LogP contribution in [0.2, 0.25) is 0 Å². The van der Waals surface area contributed by atoms with Crippen LogP contribution in [0.25, 0.3) is 0 Å². The van der Waals surface area contributed by atoms with Gasteiger partial charge in [-0.2, -0.15) is 0 Å². The number of nitrogens with zero attached hydrogens (tertiary/aromatic N) is 2. The second-order valence-corrected chi connectivity index (χ2v) is 7.87. The van der Waals surface area contributed by atoms with Crippen molar-refractivity contribution in [2.24, 2.45) is 0 Å². The van der Waals surface area contributed by atoms with E-state index < -0.39 is 5.97 Å². The van der Waals surface area contributed by atoms with E-state index in [9.17, 15) is 9.90 Å². The molecule has 8 heteroatoms. The molecule has 0 aliphatic carbocycles. The molecule has 1 fully saturated rings. The summed E-state index contributed by atoms with van der Waals surface area (Å²) in [4.78, 5) is 19.7. The van der Waals surface area contributed by atoms with E-state index in [1.807, 2.05) is 32.0 Å². The number of benzene rings is 1. The third kappa shape index (κ3) is 6.55. The molecule has 3 unspecified atom stereocenters. The van der Waals surface area contributed by atoms with Gasteiger partial charge in [-0.1, -0.05) is 13.0 Å². The Morgan fingerprint density at radius 1 is 1.29 bits per heavy atom. The van der Waals surface area contributed by atoms with E-state index in [1.165, 1.54) is 0 Å². The van der Waals surface area contributed by atoms with Crippen LogP contribution < -0.4 is 15.4 Å². The second kappa shape index (κ2) is 10.9. The zero-order valence-electron chi connectivity index (χ0n) is 18.4. The summed E-state index contributed by atoms with van der Waals surface area (Å²) in [6, 6.07) is 6.72. The van der Waals surface area contributed by atoms with E-state index in [0.29, 0.717) is 18.7 Å². The Labute approximate surface area is 183 Å². The molecule has 0 saturated carbocycles. The minimum Gasteiger partial charge on any atom is -0.481 e. The van der Waals surface area contributed by atoms with Gasteiger partial charge in [-0.05, 0) is 56.7 Å². The molecule has 0 bridgehead atoms. The molecule has 1 aliphatic heterocycles. The minimum absolute atomic E-state index is 0.0493. The molecular formula is C23H32N4O4. The monoisotopic (exact) mass is 428 g/mol. The average molecular weight is 429 g/mol. The molecule has 0 spiro atoms. The van der Waals surface area contributed by atoms with Crippen LogP contribution in [0, 0.1) is 0 Å². The Kier molecular flexibility index (Phi) is 8.06. The quantitative estimate of drug-likeness (QED) is 0.505. The number of carboxylic acids is 1. The van der Waals surface area contributed by atoms with Gasteiger partial charge in [0.2, 0.25) is 0 Å². The molecule has 168 valence electrons. The van der Waals surface area contributed by atoms with Crippen LogP contribution in [0.4, 0.5) is 17.1 Å². The molecule has 3 rings (SSSR count). The van der Waals surface area contributed by atoms with Gasteiger partial charge in [0.15, 0.2) is 0 Å². The Morgan fingerprint density at radius 3 is 2.71 bits per heavy atom. The summed E-state index contributed by atoms with van der Waals surface area (Å²) in [5.41, 5.74) is 3.55. The van der Waals surface area contributed by atoms with E-state index in [-0.39, 0.29) is 18.4 Å². The smallest absolute Gasteiger partial charge is 0.316 e. The van der Waals surface area contributed by atoms with Crippen molar-refractivity contribution < 1.29 is 19.4 Å². The zero-order chi connectivity index (χ0) is 22.2. The van der Waals surface area contributed by atoms with E-state index in [0.717, 1.165) is 48.5 Å². The molecule has 8 nitrogen and oxygen atoms in total. The van der Waals surface area contributed by atoms with Crippen LogP contribution in [0.3, 0.4) is 0 Å². The van der Waals surface area contributed by atoms with Crippen LogP contribution in [-0.4, -0.2) is 46.4 Å². The van der Waals surface area contributed by atoms with Crippen molar-refractivity contribution in [3.8, 4) is 6.01 Å². The van der Waals surface area contributed by atoms with E-state index in [2.05, 4.69) is 27.5 Å². The minimum atomic E-state index is -0.792. The van der Waals surface area contributed by atoms with Crippen molar-refractivity contribution in [3.63, 3.8) is 0 Å². The maximum atomic E-state index is 11.3. The van der Waals surface area contributed by atoms with Gasteiger partial charge in [-0.3, -0.25) is 4.79 Å². The highest BCUT2D eigenvalue weighted by Gasteiger charge is 2.21. The van der Waals surface area contributed by atoms with E-state index in [4.69, 9.17) is 9.47 Å². The molecule has 1 aromatic heterocycles. The lowest BCUT2D eigenvalue weighted by molar-refractivity contribution is -0.137. The first-order valence-electron chi connectivity index (χ1n) is 10.9. The van der Waals surface area contributed by atoms with Gasteiger partial charge in [0, 0.05) is 12.6 Å². The van der Waals surface area contributed by atoms with Crippen LogP contribution in [0.5, 0.6) is 6.01 Å². The predicted octanol–water partition coefficient (Wildman–Crippen LogP) is 4.57. The third-order valence-electron chi connectivity index (χ3n) is 5.45. The number of hydrogen-bond acceptors (Lipinski definition) is 7. The highest BCUT2D eigenvalue weighted by Crippen LogP contribution is 2.33. The molecule has 1 aromatic carbocycles. The normalized spacial score (nSPS) is 19.5. The van der Waals surface area contributed by atoms with Gasteiger partial charge in [-0.25, -0.2) is 9.97 Å². The number of carbonyl (C=O) groups is 1. The Morgan fingerprint density at radius 2 is 2.06 bits per heavy atom. The molecule has 1 aliphatic rings. The van der Waals surface area contributed by atoms with Crippen molar-refractivity contribution in [2.75, 3.05) is 23.8 Å². The summed E-state index contributed by atoms with van der Waals surface area (Å²) in [5.74, 6) is -0.841. The summed E-state index contributed by atoms with van der Waals surface area (Å²) in [7, 11) is 0. The summed E-state index contributed by atoms with van der Waals surface area (Å²) in [5, 5.41) is 16.3. The lowest BCUT2D eigenvalue weighted by Gasteiger charge is -2.30. The largest absolute Gasteiger partial charge is 0.481 e. The van der Waals surface area contributed by atoms with Gasteiger partial charge >= 0.3 is 12.0 Å². The maximum absolute atomic E-state index is 11.3. The third-order valence-corrected chi connectivity index (χ3v) is 5.45. The number of anilines is 3. The van der Waals surface area contributed by atoms with Gasteiger partial charge in [0.1, 0.15) is 0 Å². The van der Waals surface area contributed by atoms with E-state index in [1.54, 1.807) is 12.4 Å². The fourth-order valence-electron chi connectivity index (χ4n) is 3.84. The van der Waals surface area contributed by atoms with Crippen molar-refractivity contribution >= 4 is 23.0 Å². The number of nitrogens with one attached hydrogen (secondary N) is 2. The molecule has 3 atom stereocenters. The SMILES string of the molecule is CCOc1ncc(Nc2cc(C(CC)CC(=O)O)ccc2NC2CCOC(C)C2)cn1. The van der Waals surface area contributed by atoms with Crippen LogP contribution in [0.15, 0.2) is 30.6 Å². The Hall–Kier alpha value is -2.87. The second-order valence-electron chi connectivity index (χ2n) is 7.87. The maximum Gasteiger partial charge on any atom is 0.316 e. The number of carboxylic acid groups (broad SMARTS) is 1. The van der Waals surface area contributed by atoms with Crippen LogP contribution >= 0.6 is 0 Å². The fourth-order valence-corrected chi connectivity index (χ4v) is 3.84. The highest BCUT2D eigenvalue weighted by molar-refractivity contribution is 5.76. The number of ether oxygens (including phenoxy) is 2. The summed E-state index contributed by atoms with van der Waals surface area (Å²) in [6.07, 6.45) is 6.31. The number of hydrogen-bond donors (Lipinski definition) is 3. The first-order chi connectivity index (χ1) is 15.0. The lowest BCUT2D eigenvalue weighted by atomic mass is 9.92. The topological polar surface area (TPSA) is 106 Å². The Balaban J connectivity index is 1.86. The molecule has 2 aromatic rings. The summed E-state index contributed by atoms with van der Waals surface area (Å²) < 4.78 is 11.0. The van der Waals surface area contributed by atoms with Crippen molar-refractivity contribution in [1.82, 2.24) is 9.97 Å². The molecule has 1 saturated heterocycles. The van der Waals surface area contributed by atoms with E-state index >= 15 is 0 Å². The first-order valence-corrected chi connectivity index (χ1v) is 10.9. The number of aliphatic carboxylic acids is 1. The lowest BCUT2D eigenvalue weighted by Crippen LogP contribution is -2.32.